The second-order valence-corrected chi connectivity index (χ2v) is 6.66. The number of piperidine rings is 2. The molecule has 132 valence electrons. The van der Waals surface area contributed by atoms with Crippen LogP contribution in [0.4, 0.5) is 13.2 Å². The number of rotatable bonds is 2. The van der Waals surface area contributed by atoms with E-state index in [0.717, 1.165) is 12.8 Å². The summed E-state index contributed by atoms with van der Waals surface area (Å²) in [5.41, 5.74) is 0. The fraction of sp³-hybridized carbons (Fsp3) is 0.933. The van der Waals surface area contributed by atoms with Crippen molar-refractivity contribution < 1.29 is 27.4 Å². The Balaban J connectivity index is 1.58. The molecule has 0 radical (unpaired) electrons. The van der Waals surface area contributed by atoms with Crippen LogP contribution in [0.2, 0.25) is 0 Å². The minimum absolute atomic E-state index is 0.0601. The Kier molecular flexibility index (Phi) is 4.85. The third-order valence-corrected chi connectivity index (χ3v) is 4.80. The van der Waals surface area contributed by atoms with Crippen molar-refractivity contribution in [3.05, 3.63) is 0 Å². The summed E-state index contributed by atoms with van der Waals surface area (Å²) in [6.07, 6.45) is -1.38. The van der Waals surface area contributed by atoms with Crippen molar-refractivity contribution in [1.29, 1.82) is 0 Å². The molecule has 0 bridgehead atoms. The summed E-state index contributed by atoms with van der Waals surface area (Å²) in [7, 11) is 0. The molecule has 0 unspecified atom stereocenters. The minimum atomic E-state index is -4.22. The fourth-order valence-corrected chi connectivity index (χ4v) is 3.82. The molecule has 3 heterocycles. The summed E-state index contributed by atoms with van der Waals surface area (Å²) >= 11 is 0. The minimum Gasteiger partial charge on any atom is -0.346 e. The van der Waals surface area contributed by atoms with E-state index in [1.165, 1.54) is 4.90 Å². The molecule has 1 spiro atoms. The first-order chi connectivity index (χ1) is 10.9. The third-order valence-electron chi connectivity index (χ3n) is 4.80. The van der Waals surface area contributed by atoms with E-state index in [-0.39, 0.29) is 18.4 Å². The van der Waals surface area contributed by atoms with Crippen LogP contribution < -0.4 is 0 Å². The molecule has 3 aliphatic rings. The number of alkyl halides is 3. The van der Waals surface area contributed by atoms with Crippen molar-refractivity contribution >= 4 is 5.91 Å². The van der Waals surface area contributed by atoms with Gasteiger partial charge in [-0.3, -0.25) is 9.69 Å². The molecule has 3 saturated heterocycles. The first-order valence-corrected chi connectivity index (χ1v) is 8.23. The Hall–Kier alpha value is -0.860. The van der Waals surface area contributed by atoms with Gasteiger partial charge in [-0.25, -0.2) is 0 Å². The molecule has 0 N–H and O–H groups in total. The van der Waals surface area contributed by atoms with Gasteiger partial charge in [0.15, 0.2) is 5.79 Å². The molecular formula is C15H23F3N2O3. The zero-order chi connectivity index (χ0) is 16.5. The molecule has 0 aromatic heterocycles. The maximum atomic E-state index is 12.7. The fourth-order valence-electron chi connectivity index (χ4n) is 3.82. The van der Waals surface area contributed by atoms with Crippen molar-refractivity contribution in [3.8, 4) is 0 Å². The number of halogens is 3. The topological polar surface area (TPSA) is 42.0 Å². The Labute approximate surface area is 133 Å². The summed E-state index contributed by atoms with van der Waals surface area (Å²) in [6, 6.07) is 0. The van der Waals surface area contributed by atoms with Gasteiger partial charge in [-0.15, -0.1) is 0 Å². The van der Waals surface area contributed by atoms with Gasteiger partial charge in [-0.2, -0.15) is 13.2 Å². The second kappa shape index (κ2) is 6.57. The lowest BCUT2D eigenvalue weighted by Crippen LogP contribution is -2.54. The molecule has 3 aliphatic heterocycles. The van der Waals surface area contributed by atoms with Gasteiger partial charge >= 0.3 is 6.18 Å². The molecule has 0 saturated carbocycles. The zero-order valence-corrected chi connectivity index (χ0v) is 13.1. The molecular weight excluding hydrogens is 313 g/mol. The van der Waals surface area contributed by atoms with Gasteiger partial charge in [0.2, 0.25) is 5.91 Å². The van der Waals surface area contributed by atoms with E-state index in [1.807, 2.05) is 0 Å². The van der Waals surface area contributed by atoms with Crippen LogP contribution in [0, 0.1) is 5.92 Å². The molecule has 1 atom stereocenters. The maximum absolute atomic E-state index is 12.7. The van der Waals surface area contributed by atoms with Gasteiger partial charge in [0.05, 0.1) is 32.2 Å². The molecule has 0 aromatic rings. The quantitative estimate of drug-likeness (QED) is 0.769. The molecule has 23 heavy (non-hydrogen) atoms. The summed E-state index contributed by atoms with van der Waals surface area (Å²) < 4.78 is 49.0. The van der Waals surface area contributed by atoms with Crippen molar-refractivity contribution in [1.82, 2.24) is 9.80 Å². The van der Waals surface area contributed by atoms with Crippen LogP contribution in [-0.2, 0) is 14.3 Å². The van der Waals surface area contributed by atoms with Gasteiger partial charge in [-0.1, -0.05) is 0 Å². The highest BCUT2D eigenvalue weighted by molar-refractivity contribution is 5.79. The van der Waals surface area contributed by atoms with E-state index in [9.17, 15) is 18.0 Å². The third kappa shape index (κ3) is 4.16. The van der Waals surface area contributed by atoms with E-state index in [1.54, 1.807) is 4.90 Å². The maximum Gasteiger partial charge on any atom is 0.401 e. The Morgan fingerprint density at radius 1 is 1.17 bits per heavy atom. The number of carbonyl (C=O) groups excluding carboxylic acids is 1. The summed E-state index contributed by atoms with van der Waals surface area (Å²) in [5, 5.41) is 0. The number of hydrogen-bond donors (Lipinski definition) is 0. The van der Waals surface area contributed by atoms with Crippen LogP contribution in [0.3, 0.4) is 0 Å². The normalized spacial score (nSPS) is 29.2. The highest BCUT2D eigenvalue weighted by Gasteiger charge is 2.44. The number of amides is 1. The summed E-state index contributed by atoms with van der Waals surface area (Å²) in [5.74, 6) is -1.11. The lowest BCUT2D eigenvalue weighted by Gasteiger charge is -2.41. The molecule has 0 aromatic carbocycles. The van der Waals surface area contributed by atoms with E-state index in [2.05, 4.69) is 0 Å². The predicted octanol–water partition coefficient (Wildman–Crippen LogP) is 1.63. The molecule has 3 fully saturated rings. The smallest absolute Gasteiger partial charge is 0.346 e. The zero-order valence-electron chi connectivity index (χ0n) is 13.1. The first kappa shape index (κ1) is 17.0. The molecule has 8 heteroatoms. The SMILES string of the molecule is O=C([C@H]1CCCN(CC(F)(F)F)C1)N1CCCC2(C1)OCCO2. The van der Waals surface area contributed by atoms with Crippen LogP contribution in [-0.4, -0.2) is 73.6 Å². The van der Waals surface area contributed by atoms with Crippen LogP contribution in [0.5, 0.6) is 0 Å². The van der Waals surface area contributed by atoms with E-state index in [4.69, 9.17) is 9.47 Å². The van der Waals surface area contributed by atoms with E-state index >= 15 is 0 Å². The lowest BCUT2D eigenvalue weighted by molar-refractivity contribution is -0.195. The summed E-state index contributed by atoms with van der Waals surface area (Å²) in [4.78, 5) is 15.8. The monoisotopic (exact) mass is 336 g/mol. The average Bonchev–Trinajstić information content (AvgIpc) is 2.93. The van der Waals surface area contributed by atoms with Crippen molar-refractivity contribution in [2.75, 3.05) is 45.9 Å². The first-order valence-electron chi connectivity index (χ1n) is 8.23. The van der Waals surface area contributed by atoms with E-state index < -0.39 is 18.5 Å². The van der Waals surface area contributed by atoms with Crippen molar-refractivity contribution in [2.45, 2.75) is 37.6 Å². The van der Waals surface area contributed by atoms with E-state index in [0.29, 0.717) is 45.7 Å². The average molecular weight is 336 g/mol. The summed E-state index contributed by atoms with van der Waals surface area (Å²) in [6.45, 7) is 1.73. The number of hydrogen-bond acceptors (Lipinski definition) is 4. The Bertz CT molecular complexity index is 438. The molecule has 5 nitrogen and oxygen atoms in total. The number of likely N-dealkylation sites (tertiary alicyclic amines) is 2. The van der Waals surface area contributed by atoms with Crippen LogP contribution in [0.25, 0.3) is 0 Å². The van der Waals surface area contributed by atoms with Gasteiger partial charge < -0.3 is 14.4 Å². The number of nitrogens with zero attached hydrogens (tertiary/aromatic N) is 2. The van der Waals surface area contributed by atoms with Gasteiger partial charge in [0, 0.05) is 19.5 Å². The van der Waals surface area contributed by atoms with Gasteiger partial charge in [-0.05, 0) is 25.8 Å². The van der Waals surface area contributed by atoms with Crippen molar-refractivity contribution in [2.24, 2.45) is 5.92 Å². The molecule has 1 amide bonds. The van der Waals surface area contributed by atoms with Crippen LogP contribution >= 0.6 is 0 Å². The highest BCUT2D eigenvalue weighted by Crippen LogP contribution is 2.32. The molecule has 3 rings (SSSR count). The largest absolute Gasteiger partial charge is 0.401 e. The van der Waals surface area contributed by atoms with Crippen LogP contribution in [0.1, 0.15) is 25.7 Å². The van der Waals surface area contributed by atoms with Crippen molar-refractivity contribution in [3.63, 3.8) is 0 Å². The Morgan fingerprint density at radius 2 is 1.91 bits per heavy atom. The second-order valence-electron chi connectivity index (χ2n) is 6.66. The standard InChI is InChI=1S/C15H23F3N2O3/c16-15(17,18)11-19-5-1-3-12(9-19)13(21)20-6-2-4-14(10-20)22-7-8-23-14/h12H,1-11H2/t12-/m0/s1. The number of ether oxygens (including phenoxy) is 2. The Morgan fingerprint density at radius 3 is 2.61 bits per heavy atom. The van der Waals surface area contributed by atoms with Crippen LogP contribution in [0.15, 0.2) is 0 Å². The predicted molar refractivity (Wildman–Crippen MR) is 75.7 cm³/mol. The number of carbonyl (C=O) groups is 1. The van der Waals surface area contributed by atoms with Gasteiger partial charge in [0.1, 0.15) is 0 Å². The molecule has 0 aliphatic carbocycles. The van der Waals surface area contributed by atoms with Gasteiger partial charge in [0.25, 0.3) is 0 Å². The highest BCUT2D eigenvalue weighted by atomic mass is 19.4. The lowest BCUT2D eigenvalue weighted by atomic mass is 9.94.